The summed E-state index contributed by atoms with van der Waals surface area (Å²) in [5.74, 6) is 0.430. The highest BCUT2D eigenvalue weighted by molar-refractivity contribution is 7.18. The third kappa shape index (κ3) is 3.47. The predicted molar refractivity (Wildman–Crippen MR) is 108 cm³/mol. The fraction of sp³-hybridized carbons (Fsp3) is 0.238. The van der Waals surface area contributed by atoms with Crippen molar-refractivity contribution in [3.63, 3.8) is 0 Å². The van der Waals surface area contributed by atoms with E-state index in [1.165, 1.54) is 17.6 Å². The van der Waals surface area contributed by atoms with Crippen LogP contribution in [0, 0.1) is 0 Å². The quantitative estimate of drug-likeness (QED) is 0.639. The van der Waals surface area contributed by atoms with Gasteiger partial charge in [0.2, 0.25) is 0 Å². The molecule has 2 N–H and O–H groups in total. The van der Waals surface area contributed by atoms with Crippen LogP contribution in [0.2, 0.25) is 0 Å². The highest BCUT2D eigenvalue weighted by Gasteiger charge is 2.44. The maximum absolute atomic E-state index is 12.6. The Labute approximate surface area is 170 Å². The Morgan fingerprint density at radius 3 is 2.55 bits per heavy atom. The molecule has 0 unspecified atom stereocenters. The number of rotatable bonds is 4. The van der Waals surface area contributed by atoms with E-state index in [0.717, 1.165) is 25.7 Å². The van der Waals surface area contributed by atoms with Crippen LogP contribution in [0.1, 0.15) is 45.9 Å². The molecule has 8 heteroatoms. The molecule has 3 heterocycles. The lowest BCUT2D eigenvalue weighted by Crippen LogP contribution is -2.34. The first-order chi connectivity index (χ1) is 14.1. The van der Waals surface area contributed by atoms with Crippen molar-refractivity contribution in [2.24, 2.45) is 0 Å². The Morgan fingerprint density at radius 2 is 1.76 bits per heavy atom. The van der Waals surface area contributed by atoms with Crippen molar-refractivity contribution in [1.29, 1.82) is 0 Å². The monoisotopic (exact) mass is 410 g/mol. The summed E-state index contributed by atoms with van der Waals surface area (Å²) in [6.45, 7) is 0. The zero-order valence-corrected chi connectivity index (χ0v) is 16.2. The number of thiophene rings is 1. The molecule has 0 atom stereocenters. The van der Waals surface area contributed by atoms with Gasteiger partial charge in [-0.3, -0.25) is 9.59 Å². The van der Waals surface area contributed by atoms with E-state index in [2.05, 4.69) is 10.6 Å². The van der Waals surface area contributed by atoms with Crippen LogP contribution in [-0.2, 0) is 0 Å². The number of furan rings is 1. The van der Waals surface area contributed by atoms with Gasteiger partial charge < -0.3 is 24.5 Å². The fourth-order valence-electron chi connectivity index (χ4n) is 3.59. The molecule has 1 aliphatic heterocycles. The van der Waals surface area contributed by atoms with E-state index < -0.39 is 5.79 Å². The molecule has 2 amide bonds. The summed E-state index contributed by atoms with van der Waals surface area (Å²) in [6, 6.07) is 12.0. The van der Waals surface area contributed by atoms with Gasteiger partial charge in [0, 0.05) is 24.6 Å². The van der Waals surface area contributed by atoms with E-state index in [0.29, 0.717) is 27.1 Å². The SMILES string of the molecule is O=C(Nc1ccc(C(=O)Nc2ccc3c(c2)OC2(CCCC2)O3)s1)c1ccco1. The molecule has 1 saturated carbocycles. The van der Waals surface area contributed by atoms with Crippen molar-refractivity contribution in [2.45, 2.75) is 31.5 Å². The van der Waals surface area contributed by atoms with Gasteiger partial charge >= 0.3 is 0 Å². The van der Waals surface area contributed by atoms with Gasteiger partial charge in [-0.25, -0.2) is 0 Å². The summed E-state index contributed by atoms with van der Waals surface area (Å²) in [5.41, 5.74) is 0.627. The van der Waals surface area contributed by atoms with Gasteiger partial charge in [-0.05, 0) is 49.2 Å². The van der Waals surface area contributed by atoms with Gasteiger partial charge in [0.15, 0.2) is 17.3 Å². The lowest BCUT2D eigenvalue weighted by atomic mass is 10.2. The first kappa shape index (κ1) is 17.8. The molecular weight excluding hydrogens is 392 g/mol. The normalized spacial score (nSPS) is 16.1. The van der Waals surface area contributed by atoms with Crippen LogP contribution < -0.4 is 20.1 Å². The molecule has 3 aromatic rings. The van der Waals surface area contributed by atoms with Crippen LogP contribution in [0.25, 0.3) is 0 Å². The number of amides is 2. The van der Waals surface area contributed by atoms with Crippen LogP contribution in [-0.4, -0.2) is 17.6 Å². The minimum absolute atomic E-state index is 0.213. The Bertz CT molecular complexity index is 1070. The molecular formula is C21H18N2O5S. The minimum Gasteiger partial charge on any atom is -0.459 e. The van der Waals surface area contributed by atoms with Crippen LogP contribution in [0.3, 0.4) is 0 Å². The maximum Gasteiger partial charge on any atom is 0.291 e. The Hall–Kier alpha value is -3.26. The summed E-state index contributed by atoms with van der Waals surface area (Å²) < 4.78 is 17.1. The van der Waals surface area contributed by atoms with E-state index in [4.69, 9.17) is 13.9 Å². The van der Waals surface area contributed by atoms with E-state index in [-0.39, 0.29) is 17.6 Å². The lowest BCUT2D eigenvalue weighted by Gasteiger charge is -2.21. The van der Waals surface area contributed by atoms with Crippen molar-refractivity contribution in [1.82, 2.24) is 0 Å². The summed E-state index contributed by atoms with van der Waals surface area (Å²) in [6.07, 6.45) is 5.38. The number of hydrogen-bond acceptors (Lipinski definition) is 6. The third-order valence-corrected chi connectivity index (χ3v) is 5.97. The maximum atomic E-state index is 12.6. The minimum atomic E-state index is -0.528. The summed E-state index contributed by atoms with van der Waals surface area (Å²) in [7, 11) is 0. The van der Waals surface area contributed by atoms with Crippen molar-refractivity contribution in [3.8, 4) is 11.5 Å². The van der Waals surface area contributed by atoms with Gasteiger partial charge in [-0.2, -0.15) is 0 Å². The lowest BCUT2D eigenvalue weighted by molar-refractivity contribution is -0.0716. The van der Waals surface area contributed by atoms with Gasteiger partial charge in [0.1, 0.15) is 0 Å². The second kappa shape index (κ2) is 6.97. The van der Waals surface area contributed by atoms with Crippen LogP contribution in [0.15, 0.2) is 53.1 Å². The summed E-state index contributed by atoms with van der Waals surface area (Å²) in [5, 5.41) is 6.14. The van der Waals surface area contributed by atoms with Gasteiger partial charge in [-0.1, -0.05) is 0 Å². The number of benzene rings is 1. The van der Waals surface area contributed by atoms with Gasteiger partial charge in [0.05, 0.1) is 16.1 Å². The number of ether oxygens (including phenoxy) is 2. The molecule has 1 aliphatic carbocycles. The average molecular weight is 410 g/mol. The smallest absolute Gasteiger partial charge is 0.291 e. The molecule has 1 spiro atoms. The molecule has 2 aliphatic rings. The third-order valence-electron chi connectivity index (χ3n) is 4.97. The van der Waals surface area contributed by atoms with Crippen LogP contribution in [0.5, 0.6) is 11.5 Å². The van der Waals surface area contributed by atoms with E-state index in [9.17, 15) is 9.59 Å². The topological polar surface area (TPSA) is 89.8 Å². The molecule has 0 saturated heterocycles. The number of anilines is 2. The van der Waals surface area contributed by atoms with E-state index in [1.807, 2.05) is 6.07 Å². The standard InChI is InChI=1S/C21H18N2O5S/c24-19(15-4-3-11-26-15)23-18-8-7-17(29-18)20(25)22-13-5-6-14-16(12-13)28-21(27-14)9-1-2-10-21/h3-8,11-12H,1-2,9-10H2,(H,22,25)(H,23,24). The van der Waals surface area contributed by atoms with Crippen molar-refractivity contribution in [2.75, 3.05) is 10.6 Å². The number of hydrogen-bond donors (Lipinski definition) is 2. The highest BCUT2D eigenvalue weighted by atomic mass is 32.1. The van der Waals surface area contributed by atoms with Gasteiger partial charge in [0.25, 0.3) is 17.6 Å². The molecule has 0 radical (unpaired) electrons. The number of nitrogens with one attached hydrogen (secondary N) is 2. The molecule has 148 valence electrons. The second-order valence-corrected chi connectivity index (χ2v) is 8.12. The molecule has 7 nitrogen and oxygen atoms in total. The Morgan fingerprint density at radius 1 is 0.931 bits per heavy atom. The zero-order valence-electron chi connectivity index (χ0n) is 15.4. The second-order valence-electron chi connectivity index (χ2n) is 7.03. The van der Waals surface area contributed by atoms with Gasteiger partial charge in [-0.15, -0.1) is 11.3 Å². The number of carbonyl (C=O) groups is 2. The molecule has 2 aromatic heterocycles. The average Bonchev–Trinajstić information content (AvgIpc) is 3.49. The van der Waals surface area contributed by atoms with Crippen molar-refractivity contribution >= 4 is 33.8 Å². The zero-order chi connectivity index (χ0) is 19.8. The largest absolute Gasteiger partial charge is 0.459 e. The first-order valence-corrected chi connectivity index (χ1v) is 10.2. The van der Waals surface area contributed by atoms with Crippen LogP contribution >= 0.6 is 11.3 Å². The fourth-order valence-corrected chi connectivity index (χ4v) is 4.39. The first-order valence-electron chi connectivity index (χ1n) is 9.38. The highest BCUT2D eigenvalue weighted by Crippen LogP contribution is 2.47. The predicted octanol–water partition coefficient (Wildman–Crippen LogP) is 4.89. The van der Waals surface area contributed by atoms with E-state index >= 15 is 0 Å². The summed E-state index contributed by atoms with van der Waals surface area (Å²) in [4.78, 5) is 25.1. The molecule has 1 aromatic carbocycles. The molecule has 1 fully saturated rings. The molecule has 5 rings (SSSR count). The Balaban J connectivity index is 1.25. The van der Waals surface area contributed by atoms with E-state index in [1.54, 1.807) is 36.4 Å². The van der Waals surface area contributed by atoms with Crippen molar-refractivity contribution in [3.05, 3.63) is 59.4 Å². The number of fused-ring (bicyclic) bond motifs is 1. The molecule has 29 heavy (non-hydrogen) atoms. The van der Waals surface area contributed by atoms with Crippen molar-refractivity contribution < 1.29 is 23.5 Å². The van der Waals surface area contributed by atoms with Crippen LogP contribution in [0.4, 0.5) is 10.7 Å². The number of carbonyl (C=O) groups excluding carboxylic acids is 2. The molecule has 0 bridgehead atoms. The Kier molecular flexibility index (Phi) is 4.28. The summed E-state index contributed by atoms with van der Waals surface area (Å²) >= 11 is 1.18.